The van der Waals surface area contributed by atoms with E-state index in [4.69, 9.17) is 9.47 Å². The molecule has 172 valence electrons. The summed E-state index contributed by atoms with van der Waals surface area (Å²) in [7, 11) is 1.63. The van der Waals surface area contributed by atoms with Gasteiger partial charge in [0, 0.05) is 37.6 Å². The summed E-state index contributed by atoms with van der Waals surface area (Å²) < 4.78 is 25.0. The monoisotopic (exact) mass is 460 g/mol. The zero-order valence-corrected chi connectivity index (χ0v) is 19.1. The third kappa shape index (κ3) is 5.30. The Morgan fingerprint density at radius 3 is 2.81 bits per heavy atom. The second-order valence-corrected chi connectivity index (χ2v) is 9.27. The zero-order chi connectivity index (χ0) is 22.5. The van der Waals surface area contributed by atoms with Crippen LogP contribution in [0.4, 0.5) is 4.39 Å². The van der Waals surface area contributed by atoms with Gasteiger partial charge in [-0.1, -0.05) is 12.1 Å². The molecule has 1 aliphatic heterocycles. The zero-order valence-electron chi connectivity index (χ0n) is 18.3. The van der Waals surface area contributed by atoms with Crippen molar-refractivity contribution < 1.29 is 23.5 Å². The largest absolute Gasteiger partial charge is 0.488 e. The minimum absolute atomic E-state index is 0.0503. The molecule has 1 aromatic heterocycles. The fourth-order valence-electron chi connectivity index (χ4n) is 4.11. The fraction of sp³-hybridized carbons (Fsp3) is 0.500. The van der Waals surface area contributed by atoms with Crippen molar-refractivity contribution in [2.75, 3.05) is 40.0 Å². The number of thiophene rings is 1. The summed E-state index contributed by atoms with van der Waals surface area (Å²) in [5, 5.41) is 2.02. The second kappa shape index (κ2) is 10.4. The van der Waals surface area contributed by atoms with Crippen LogP contribution in [0.3, 0.4) is 0 Å². The molecule has 2 aliphatic rings. The van der Waals surface area contributed by atoms with Gasteiger partial charge in [0.05, 0.1) is 12.6 Å². The number of rotatable bonds is 10. The van der Waals surface area contributed by atoms with Crippen molar-refractivity contribution in [2.24, 2.45) is 5.92 Å². The highest BCUT2D eigenvalue weighted by Gasteiger charge is 2.37. The van der Waals surface area contributed by atoms with Gasteiger partial charge in [-0.2, -0.15) is 0 Å². The Labute approximate surface area is 191 Å². The van der Waals surface area contributed by atoms with E-state index < -0.39 is 5.82 Å². The van der Waals surface area contributed by atoms with Crippen LogP contribution in [0.5, 0.6) is 5.75 Å². The van der Waals surface area contributed by atoms with Crippen LogP contribution in [0, 0.1) is 11.7 Å². The Morgan fingerprint density at radius 2 is 2.06 bits per heavy atom. The molecule has 8 heteroatoms. The smallest absolute Gasteiger partial charge is 0.242 e. The molecule has 0 saturated heterocycles. The molecule has 0 N–H and O–H groups in total. The average Bonchev–Trinajstić information content (AvgIpc) is 3.54. The summed E-state index contributed by atoms with van der Waals surface area (Å²) in [6.07, 6.45) is 3.26. The van der Waals surface area contributed by atoms with E-state index in [2.05, 4.69) is 0 Å². The standard InChI is InChI=1S/C24H29FN2O4S/c1-30-13-4-11-26(24(29)17-7-8-17)15-23(28)27-12-9-22-18(10-14-32-22)20(27)16-31-21-6-3-2-5-19(21)25/h2-3,5-6,10,14,17,20H,4,7-9,11-13,15-16H2,1H3/t20-/m0/s1. The lowest BCUT2D eigenvalue weighted by molar-refractivity contribution is -0.143. The van der Waals surface area contributed by atoms with Crippen LogP contribution in [0.25, 0.3) is 0 Å². The highest BCUT2D eigenvalue weighted by molar-refractivity contribution is 7.10. The number of methoxy groups -OCH3 is 1. The van der Waals surface area contributed by atoms with Gasteiger partial charge in [0.15, 0.2) is 11.6 Å². The maximum atomic E-state index is 14.1. The SMILES string of the molecule is COCCCN(CC(=O)N1CCc2sccc2[C@@H]1COc1ccccc1F)C(=O)C1CC1. The van der Waals surface area contributed by atoms with E-state index in [0.29, 0.717) is 26.1 Å². The number of para-hydroxylation sites is 1. The van der Waals surface area contributed by atoms with E-state index in [1.165, 1.54) is 10.9 Å². The van der Waals surface area contributed by atoms with Crippen molar-refractivity contribution in [3.8, 4) is 5.75 Å². The van der Waals surface area contributed by atoms with Gasteiger partial charge in [-0.3, -0.25) is 9.59 Å². The average molecular weight is 461 g/mol. The number of ether oxygens (including phenoxy) is 2. The van der Waals surface area contributed by atoms with Gasteiger partial charge in [-0.25, -0.2) is 4.39 Å². The molecule has 1 aromatic carbocycles. The van der Waals surface area contributed by atoms with Gasteiger partial charge in [-0.15, -0.1) is 11.3 Å². The lowest BCUT2D eigenvalue weighted by atomic mass is 10.0. The number of hydrogen-bond donors (Lipinski definition) is 0. The van der Waals surface area contributed by atoms with Crippen LogP contribution in [0.2, 0.25) is 0 Å². The fourth-order valence-corrected chi connectivity index (χ4v) is 5.04. The van der Waals surface area contributed by atoms with Crippen LogP contribution in [-0.2, 0) is 20.7 Å². The number of benzene rings is 1. The van der Waals surface area contributed by atoms with Crippen molar-refractivity contribution in [2.45, 2.75) is 31.7 Å². The van der Waals surface area contributed by atoms with Crippen LogP contribution < -0.4 is 4.74 Å². The Kier molecular flexibility index (Phi) is 7.42. The molecule has 0 bridgehead atoms. The summed E-state index contributed by atoms with van der Waals surface area (Å²) >= 11 is 1.67. The number of amides is 2. The molecule has 1 fully saturated rings. The summed E-state index contributed by atoms with van der Waals surface area (Å²) in [5.74, 6) is -0.244. The van der Waals surface area contributed by atoms with Gasteiger partial charge in [0.25, 0.3) is 0 Å². The van der Waals surface area contributed by atoms with E-state index in [1.807, 2.05) is 11.4 Å². The van der Waals surface area contributed by atoms with Crippen LogP contribution >= 0.6 is 11.3 Å². The molecule has 0 radical (unpaired) electrons. The predicted octanol–water partition coefficient (Wildman–Crippen LogP) is 3.67. The summed E-state index contributed by atoms with van der Waals surface area (Å²) in [6.45, 7) is 1.82. The first-order chi connectivity index (χ1) is 15.6. The van der Waals surface area contributed by atoms with E-state index in [-0.39, 0.29) is 42.7 Å². The third-order valence-electron chi connectivity index (χ3n) is 5.99. The van der Waals surface area contributed by atoms with E-state index in [0.717, 1.165) is 24.8 Å². The predicted molar refractivity (Wildman–Crippen MR) is 120 cm³/mol. The summed E-state index contributed by atoms with van der Waals surface area (Å²) in [6, 6.07) is 7.99. The molecule has 6 nitrogen and oxygen atoms in total. The maximum Gasteiger partial charge on any atom is 0.242 e. The van der Waals surface area contributed by atoms with Crippen LogP contribution in [-0.4, -0.2) is 61.6 Å². The van der Waals surface area contributed by atoms with Crippen molar-refractivity contribution in [1.29, 1.82) is 0 Å². The Morgan fingerprint density at radius 1 is 1.25 bits per heavy atom. The van der Waals surface area contributed by atoms with E-state index in [1.54, 1.807) is 46.4 Å². The molecule has 2 heterocycles. The van der Waals surface area contributed by atoms with Crippen molar-refractivity contribution >= 4 is 23.2 Å². The van der Waals surface area contributed by atoms with Crippen molar-refractivity contribution in [3.63, 3.8) is 0 Å². The number of halogens is 1. The number of hydrogen-bond acceptors (Lipinski definition) is 5. The number of nitrogens with zero attached hydrogens (tertiary/aromatic N) is 2. The lowest BCUT2D eigenvalue weighted by Crippen LogP contribution is -2.48. The maximum absolute atomic E-state index is 14.1. The molecule has 1 saturated carbocycles. The molecule has 2 aromatic rings. The van der Waals surface area contributed by atoms with Gasteiger partial charge in [0.2, 0.25) is 11.8 Å². The molecular weight excluding hydrogens is 431 g/mol. The normalized spacial score (nSPS) is 17.7. The molecule has 0 unspecified atom stereocenters. The number of carbonyl (C=O) groups is 2. The minimum Gasteiger partial charge on any atom is -0.488 e. The van der Waals surface area contributed by atoms with Crippen LogP contribution in [0.1, 0.15) is 35.7 Å². The molecule has 1 aliphatic carbocycles. The molecule has 32 heavy (non-hydrogen) atoms. The van der Waals surface area contributed by atoms with Gasteiger partial charge >= 0.3 is 0 Å². The van der Waals surface area contributed by atoms with E-state index >= 15 is 0 Å². The highest BCUT2D eigenvalue weighted by atomic mass is 32.1. The first kappa shape index (κ1) is 22.7. The molecule has 2 amide bonds. The van der Waals surface area contributed by atoms with Crippen molar-refractivity contribution in [1.82, 2.24) is 9.80 Å². The van der Waals surface area contributed by atoms with Gasteiger partial charge in [0.1, 0.15) is 6.61 Å². The first-order valence-corrected chi connectivity index (χ1v) is 12.0. The molecule has 0 spiro atoms. The summed E-state index contributed by atoms with van der Waals surface area (Å²) in [4.78, 5) is 30.8. The molecule has 4 rings (SSSR count). The van der Waals surface area contributed by atoms with Crippen LogP contribution in [0.15, 0.2) is 35.7 Å². The van der Waals surface area contributed by atoms with Gasteiger partial charge < -0.3 is 19.3 Å². The first-order valence-electron chi connectivity index (χ1n) is 11.1. The Balaban J connectivity index is 1.48. The van der Waals surface area contributed by atoms with Crippen molar-refractivity contribution in [3.05, 3.63) is 52.0 Å². The number of fused-ring (bicyclic) bond motifs is 1. The number of carbonyl (C=O) groups excluding carboxylic acids is 2. The second-order valence-electron chi connectivity index (χ2n) is 8.27. The lowest BCUT2D eigenvalue weighted by Gasteiger charge is -2.37. The third-order valence-corrected chi connectivity index (χ3v) is 6.99. The highest BCUT2D eigenvalue weighted by Crippen LogP contribution is 2.35. The minimum atomic E-state index is -0.425. The Hall–Kier alpha value is -2.45. The topological polar surface area (TPSA) is 59.1 Å². The Bertz CT molecular complexity index is 946. The van der Waals surface area contributed by atoms with Gasteiger partial charge in [-0.05, 0) is 54.8 Å². The molecule has 1 atom stereocenters. The summed E-state index contributed by atoms with van der Waals surface area (Å²) in [5.41, 5.74) is 1.05. The molecular formula is C24H29FN2O4S. The van der Waals surface area contributed by atoms with E-state index in [9.17, 15) is 14.0 Å². The quantitative estimate of drug-likeness (QED) is 0.508.